The fraction of sp³-hybridized carbons (Fsp3) is 0.615. The Hall–Kier alpha value is -1.13. The van der Waals surface area contributed by atoms with Gasteiger partial charge in [-0.3, -0.25) is 4.98 Å². The SMILES string of the molecule is NCc1cc(N2CCCC2CCCO)ccn1. The maximum atomic E-state index is 8.92. The molecular weight excluding hydrogens is 214 g/mol. The molecule has 4 heteroatoms. The van der Waals surface area contributed by atoms with E-state index in [2.05, 4.69) is 22.0 Å². The second-order valence-electron chi connectivity index (χ2n) is 4.56. The number of nitrogens with two attached hydrogens (primary N) is 1. The van der Waals surface area contributed by atoms with Crippen molar-refractivity contribution in [3.8, 4) is 0 Å². The number of hydrogen-bond donors (Lipinski definition) is 2. The number of aliphatic hydroxyl groups excluding tert-OH is 1. The normalized spacial score (nSPS) is 19.9. The van der Waals surface area contributed by atoms with E-state index in [4.69, 9.17) is 10.8 Å². The molecule has 1 atom stereocenters. The lowest BCUT2D eigenvalue weighted by atomic mass is 10.1. The first-order valence-corrected chi connectivity index (χ1v) is 6.37. The highest BCUT2D eigenvalue weighted by Gasteiger charge is 2.24. The molecule has 1 fully saturated rings. The van der Waals surface area contributed by atoms with Gasteiger partial charge in [0, 0.05) is 37.6 Å². The Labute approximate surface area is 102 Å². The topological polar surface area (TPSA) is 62.4 Å². The van der Waals surface area contributed by atoms with Crippen LogP contribution in [0.5, 0.6) is 0 Å². The molecule has 0 aliphatic carbocycles. The molecule has 1 aromatic rings. The molecule has 0 aromatic carbocycles. The van der Waals surface area contributed by atoms with E-state index >= 15 is 0 Å². The first-order chi connectivity index (χ1) is 8.35. The van der Waals surface area contributed by atoms with Crippen molar-refractivity contribution < 1.29 is 5.11 Å². The Bertz CT molecular complexity index is 356. The molecule has 0 amide bonds. The Balaban J connectivity index is 2.08. The Morgan fingerprint density at radius 3 is 3.18 bits per heavy atom. The van der Waals surface area contributed by atoms with Crippen molar-refractivity contribution in [2.24, 2.45) is 5.73 Å². The highest BCUT2D eigenvalue weighted by atomic mass is 16.2. The van der Waals surface area contributed by atoms with Crippen LogP contribution >= 0.6 is 0 Å². The minimum atomic E-state index is 0.286. The quantitative estimate of drug-likeness (QED) is 0.807. The predicted molar refractivity (Wildman–Crippen MR) is 68.8 cm³/mol. The lowest BCUT2D eigenvalue weighted by Gasteiger charge is -2.27. The molecule has 0 bridgehead atoms. The second kappa shape index (κ2) is 5.98. The average Bonchev–Trinajstić information content (AvgIpc) is 2.84. The molecular formula is C13H21N3O. The monoisotopic (exact) mass is 235 g/mol. The van der Waals surface area contributed by atoms with Crippen molar-refractivity contribution in [2.45, 2.75) is 38.3 Å². The van der Waals surface area contributed by atoms with Gasteiger partial charge in [0.15, 0.2) is 0 Å². The largest absolute Gasteiger partial charge is 0.396 e. The van der Waals surface area contributed by atoms with E-state index in [1.165, 1.54) is 18.5 Å². The van der Waals surface area contributed by atoms with E-state index in [0.717, 1.165) is 25.1 Å². The first-order valence-electron chi connectivity index (χ1n) is 6.37. The van der Waals surface area contributed by atoms with Gasteiger partial charge in [-0.25, -0.2) is 0 Å². The minimum Gasteiger partial charge on any atom is -0.396 e. The van der Waals surface area contributed by atoms with E-state index in [9.17, 15) is 0 Å². The van der Waals surface area contributed by atoms with Crippen LogP contribution in [-0.2, 0) is 6.54 Å². The highest BCUT2D eigenvalue weighted by molar-refractivity contribution is 5.48. The van der Waals surface area contributed by atoms with Gasteiger partial charge in [0.25, 0.3) is 0 Å². The van der Waals surface area contributed by atoms with Crippen molar-refractivity contribution in [1.82, 2.24) is 4.98 Å². The molecule has 1 aliphatic heterocycles. The first kappa shape index (κ1) is 12.3. The van der Waals surface area contributed by atoms with Crippen LogP contribution in [0.4, 0.5) is 5.69 Å². The molecule has 94 valence electrons. The molecule has 2 rings (SSSR count). The fourth-order valence-corrected chi connectivity index (χ4v) is 2.56. The lowest BCUT2D eigenvalue weighted by molar-refractivity contribution is 0.279. The van der Waals surface area contributed by atoms with Gasteiger partial charge in [-0.05, 0) is 37.8 Å². The van der Waals surface area contributed by atoms with Crippen molar-refractivity contribution in [1.29, 1.82) is 0 Å². The summed E-state index contributed by atoms with van der Waals surface area (Å²) in [6, 6.07) is 4.70. The van der Waals surface area contributed by atoms with Gasteiger partial charge in [0.2, 0.25) is 0 Å². The van der Waals surface area contributed by atoms with Gasteiger partial charge in [-0.15, -0.1) is 0 Å². The van der Waals surface area contributed by atoms with E-state index in [1.807, 2.05) is 6.20 Å². The fourth-order valence-electron chi connectivity index (χ4n) is 2.56. The number of rotatable bonds is 5. The van der Waals surface area contributed by atoms with Crippen molar-refractivity contribution in [3.63, 3.8) is 0 Å². The van der Waals surface area contributed by atoms with Gasteiger partial charge in [-0.1, -0.05) is 0 Å². The van der Waals surface area contributed by atoms with E-state index in [0.29, 0.717) is 12.6 Å². The van der Waals surface area contributed by atoms with Crippen molar-refractivity contribution >= 4 is 5.69 Å². The smallest absolute Gasteiger partial charge is 0.0560 e. The van der Waals surface area contributed by atoms with E-state index < -0.39 is 0 Å². The third kappa shape index (κ3) is 2.96. The van der Waals surface area contributed by atoms with Crippen LogP contribution in [0.2, 0.25) is 0 Å². The van der Waals surface area contributed by atoms with Gasteiger partial charge in [0.05, 0.1) is 5.69 Å². The molecule has 3 N–H and O–H groups in total. The summed E-state index contributed by atoms with van der Waals surface area (Å²) in [5.74, 6) is 0. The zero-order valence-corrected chi connectivity index (χ0v) is 10.2. The van der Waals surface area contributed by atoms with Crippen LogP contribution in [0.25, 0.3) is 0 Å². The summed E-state index contributed by atoms with van der Waals surface area (Å²) in [4.78, 5) is 6.65. The van der Waals surface area contributed by atoms with Crippen LogP contribution in [-0.4, -0.2) is 29.3 Å². The van der Waals surface area contributed by atoms with E-state index in [-0.39, 0.29) is 6.61 Å². The van der Waals surface area contributed by atoms with Crippen LogP contribution in [0.1, 0.15) is 31.4 Å². The van der Waals surface area contributed by atoms with Crippen LogP contribution in [0.15, 0.2) is 18.3 Å². The average molecular weight is 235 g/mol. The molecule has 1 unspecified atom stereocenters. The standard InChI is InChI=1S/C13H21N3O/c14-10-11-9-13(5-6-15-11)16-7-1-3-12(16)4-2-8-17/h5-6,9,12,17H,1-4,7-8,10,14H2. The Kier molecular flexibility index (Phi) is 4.34. The van der Waals surface area contributed by atoms with Gasteiger partial charge in [0.1, 0.15) is 0 Å². The predicted octanol–water partition coefficient (Wildman–Crippen LogP) is 1.28. The second-order valence-corrected chi connectivity index (χ2v) is 4.56. The number of aromatic nitrogens is 1. The van der Waals surface area contributed by atoms with Gasteiger partial charge in [-0.2, -0.15) is 0 Å². The Morgan fingerprint density at radius 1 is 1.53 bits per heavy atom. The van der Waals surface area contributed by atoms with Crippen LogP contribution in [0.3, 0.4) is 0 Å². The molecule has 17 heavy (non-hydrogen) atoms. The summed E-state index contributed by atoms with van der Waals surface area (Å²) < 4.78 is 0. The summed E-state index contributed by atoms with van der Waals surface area (Å²) in [5, 5.41) is 8.92. The van der Waals surface area contributed by atoms with Crippen molar-refractivity contribution in [2.75, 3.05) is 18.1 Å². The van der Waals surface area contributed by atoms with Crippen molar-refractivity contribution in [3.05, 3.63) is 24.0 Å². The van der Waals surface area contributed by atoms with Crippen LogP contribution < -0.4 is 10.6 Å². The summed E-state index contributed by atoms with van der Waals surface area (Å²) in [5.41, 5.74) is 7.78. The molecule has 1 aliphatic rings. The summed E-state index contributed by atoms with van der Waals surface area (Å²) in [6.07, 6.45) is 6.24. The minimum absolute atomic E-state index is 0.286. The number of nitrogens with zero attached hydrogens (tertiary/aromatic N) is 2. The number of pyridine rings is 1. The summed E-state index contributed by atoms with van der Waals surface area (Å²) in [7, 11) is 0. The molecule has 4 nitrogen and oxygen atoms in total. The maximum Gasteiger partial charge on any atom is 0.0560 e. The molecule has 1 aromatic heterocycles. The summed E-state index contributed by atoms with van der Waals surface area (Å²) >= 11 is 0. The maximum absolute atomic E-state index is 8.92. The molecule has 0 saturated carbocycles. The molecule has 1 saturated heterocycles. The lowest BCUT2D eigenvalue weighted by Crippen LogP contribution is -2.29. The molecule has 0 radical (unpaired) electrons. The van der Waals surface area contributed by atoms with Gasteiger partial charge >= 0.3 is 0 Å². The Morgan fingerprint density at radius 2 is 2.41 bits per heavy atom. The zero-order chi connectivity index (χ0) is 12.1. The third-order valence-corrected chi connectivity index (χ3v) is 3.41. The molecule has 2 heterocycles. The summed E-state index contributed by atoms with van der Waals surface area (Å²) in [6.45, 7) is 1.88. The van der Waals surface area contributed by atoms with Crippen LogP contribution in [0, 0.1) is 0 Å². The highest BCUT2D eigenvalue weighted by Crippen LogP contribution is 2.27. The third-order valence-electron chi connectivity index (χ3n) is 3.41. The number of anilines is 1. The van der Waals surface area contributed by atoms with E-state index in [1.54, 1.807) is 0 Å². The molecule has 0 spiro atoms. The number of aliphatic hydroxyl groups is 1. The zero-order valence-electron chi connectivity index (χ0n) is 10.2. The van der Waals surface area contributed by atoms with Gasteiger partial charge < -0.3 is 15.7 Å². The number of hydrogen-bond acceptors (Lipinski definition) is 4.